The number of ether oxygens (including phenoxy) is 1. The first-order valence-electron chi connectivity index (χ1n) is 12.0. The molecule has 1 aromatic carbocycles. The zero-order valence-electron chi connectivity index (χ0n) is 20.3. The van der Waals surface area contributed by atoms with Gasteiger partial charge in [-0.05, 0) is 44.4 Å². The van der Waals surface area contributed by atoms with Crippen molar-refractivity contribution in [3.8, 4) is 0 Å². The van der Waals surface area contributed by atoms with Gasteiger partial charge in [0.25, 0.3) is 0 Å². The molecule has 1 N–H and O–H groups in total. The van der Waals surface area contributed by atoms with E-state index in [-0.39, 0.29) is 11.8 Å². The number of carbonyl (C=O) groups is 2. The Hall–Kier alpha value is -3.04. The van der Waals surface area contributed by atoms with Gasteiger partial charge in [-0.3, -0.25) is 14.5 Å². The Kier molecular flexibility index (Phi) is 7.74. The molecule has 2 amide bonds. The van der Waals surface area contributed by atoms with Crippen molar-refractivity contribution in [1.29, 1.82) is 0 Å². The second-order valence-corrected chi connectivity index (χ2v) is 8.87. The molecule has 0 saturated carbocycles. The molecule has 9 heteroatoms. The van der Waals surface area contributed by atoms with Crippen LogP contribution in [-0.4, -0.2) is 89.2 Å². The van der Waals surface area contributed by atoms with Gasteiger partial charge in [0.2, 0.25) is 11.8 Å². The molecule has 1 fully saturated rings. The van der Waals surface area contributed by atoms with E-state index in [1.807, 2.05) is 47.5 Å². The van der Waals surface area contributed by atoms with Crippen LogP contribution in [0.2, 0.25) is 0 Å². The number of piperazine rings is 1. The number of benzene rings is 1. The SMILES string of the molecule is COCCCNC(=O)CN1CCN(C(=O)CCc2c(C)nc3c4ccccc4nn3c2C)CC1. The minimum absolute atomic E-state index is 0.0241. The van der Waals surface area contributed by atoms with Crippen molar-refractivity contribution in [2.75, 3.05) is 53.0 Å². The van der Waals surface area contributed by atoms with Gasteiger partial charge in [-0.25, -0.2) is 9.50 Å². The molecule has 9 nitrogen and oxygen atoms in total. The molecule has 0 aliphatic carbocycles. The van der Waals surface area contributed by atoms with Gasteiger partial charge in [-0.15, -0.1) is 0 Å². The van der Waals surface area contributed by atoms with Crippen LogP contribution in [0.15, 0.2) is 24.3 Å². The van der Waals surface area contributed by atoms with E-state index in [1.165, 1.54) is 0 Å². The zero-order chi connectivity index (χ0) is 24.1. The highest BCUT2D eigenvalue weighted by atomic mass is 16.5. The number of nitrogens with one attached hydrogen (secondary N) is 1. The van der Waals surface area contributed by atoms with Gasteiger partial charge in [-0.2, -0.15) is 5.10 Å². The minimum atomic E-state index is 0.0241. The van der Waals surface area contributed by atoms with Crippen molar-refractivity contribution in [3.63, 3.8) is 0 Å². The van der Waals surface area contributed by atoms with Crippen molar-refractivity contribution in [3.05, 3.63) is 41.2 Å². The molecule has 3 aromatic rings. The molecule has 0 spiro atoms. The van der Waals surface area contributed by atoms with Gasteiger partial charge in [0.1, 0.15) is 0 Å². The van der Waals surface area contributed by atoms with Gasteiger partial charge < -0.3 is 15.0 Å². The summed E-state index contributed by atoms with van der Waals surface area (Å²) in [6, 6.07) is 8.01. The highest BCUT2D eigenvalue weighted by Crippen LogP contribution is 2.23. The fourth-order valence-electron chi connectivity index (χ4n) is 4.59. The summed E-state index contributed by atoms with van der Waals surface area (Å²) >= 11 is 0. The minimum Gasteiger partial charge on any atom is -0.385 e. The van der Waals surface area contributed by atoms with E-state index in [2.05, 4.69) is 10.2 Å². The number of nitrogens with zero attached hydrogens (tertiary/aromatic N) is 5. The van der Waals surface area contributed by atoms with E-state index in [0.717, 1.165) is 39.9 Å². The lowest BCUT2D eigenvalue weighted by atomic mass is 10.1. The predicted octanol–water partition coefficient (Wildman–Crippen LogP) is 1.73. The molecule has 3 heterocycles. The molecule has 1 aliphatic rings. The number of amides is 2. The number of hydrogen-bond acceptors (Lipinski definition) is 6. The van der Waals surface area contributed by atoms with E-state index in [1.54, 1.807) is 7.11 Å². The first kappa shape index (κ1) is 24.1. The molecule has 4 rings (SSSR count). The second-order valence-electron chi connectivity index (χ2n) is 8.87. The lowest BCUT2D eigenvalue weighted by Gasteiger charge is -2.34. The topological polar surface area (TPSA) is 92.1 Å². The fraction of sp³-hybridized carbons (Fsp3) is 0.520. The maximum atomic E-state index is 12.9. The number of carbonyl (C=O) groups excluding carboxylic acids is 2. The highest BCUT2D eigenvalue weighted by Gasteiger charge is 2.23. The standard InChI is InChI=1S/C25H34N6O3/c1-18-20(19(2)31-25(27-18)21-7-4-5-8-22(21)28-31)9-10-24(33)30-14-12-29(13-15-30)17-23(32)26-11-6-16-34-3/h4-5,7-8H,6,9-17H2,1-3H3,(H,26,32). The predicted molar refractivity (Wildman–Crippen MR) is 131 cm³/mol. The van der Waals surface area contributed by atoms with Gasteiger partial charge in [-0.1, -0.05) is 12.1 Å². The van der Waals surface area contributed by atoms with E-state index >= 15 is 0 Å². The van der Waals surface area contributed by atoms with Crippen LogP contribution in [0.4, 0.5) is 0 Å². The Balaban J connectivity index is 1.30. The van der Waals surface area contributed by atoms with Crippen molar-refractivity contribution in [2.45, 2.75) is 33.1 Å². The quantitative estimate of drug-likeness (QED) is 0.483. The third-order valence-corrected chi connectivity index (χ3v) is 6.55. The Morgan fingerprint density at radius 1 is 1.12 bits per heavy atom. The van der Waals surface area contributed by atoms with Crippen LogP contribution in [0.5, 0.6) is 0 Å². The van der Waals surface area contributed by atoms with Crippen molar-refractivity contribution in [2.24, 2.45) is 0 Å². The van der Waals surface area contributed by atoms with E-state index in [0.29, 0.717) is 58.7 Å². The lowest BCUT2D eigenvalue weighted by Crippen LogP contribution is -2.51. The number of methoxy groups -OCH3 is 1. The summed E-state index contributed by atoms with van der Waals surface area (Å²) in [5.41, 5.74) is 4.85. The number of fused-ring (bicyclic) bond motifs is 3. The van der Waals surface area contributed by atoms with Crippen LogP contribution in [0.3, 0.4) is 0 Å². The molecule has 182 valence electrons. The number of hydrogen-bond donors (Lipinski definition) is 1. The summed E-state index contributed by atoms with van der Waals surface area (Å²) in [5.74, 6) is 0.171. The first-order valence-corrected chi connectivity index (χ1v) is 12.0. The molecule has 34 heavy (non-hydrogen) atoms. The summed E-state index contributed by atoms with van der Waals surface area (Å²) in [6.07, 6.45) is 1.89. The Labute approximate surface area is 200 Å². The Morgan fingerprint density at radius 3 is 2.65 bits per heavy atom. The summed E-state index contributed by atoms with van der Waals surface area (Å²) in [5, 5.41) is 8.66. The second kappa shape index (κ2) is 10.9. The van der Waals surface area contributed by atoms with E-state index in [9.17, 15) is 9.59 Å². The maximum Gasteiger partial charge on any atom is 0.234 e. The molecule has 1 aliphatic heterocycles. The average molecular weight is 467 g/mol. The molecule has 0 atom stereocenters. The van der Waals surface area contributed by atoms with Crippen molar-refractivity contribution < 1.29 is 14.3 Å². The van der Waals surface area contributed by atoms with E-state index in [4.69, 9.17) is 14.8 Å². The first-order chi connectivity index (χ1) is 16.5. The molecular weight excluding hydrogens is 432 g/mol. The maximum absolute atomic E-state index is 12.9. The number of aromatic nitrogens is 3. The number of aryl methyl sites for hydroxylation is 2. The lowest BCUT2D eigenvalue weighted by molar-refractivity contribution is -0.133. The summed E-state index contributed by atoms with van der Waals surface area (Å²) in [6.45, 7) is 8.41. The normalized spacial score (nSPS) is 14.7. The third-order valence-electron chi connectivity index (χ3n) is 6.55. The van der Waals surface area contributed by atoms with Crippen molar-refractivity contribution >= 4 is 28.4 Å². The van der Waals surface area contributed by atoms with Crippen molar-refractivity contribution in [1.82, 2.24) is 29.7 Å². The van der Waals surface area contributed by atoms with Gasteiger partial charge in [0.15, 0.2) is 5.65 Å². The van der Waals surface area contributed by atoms with Crippen LogP contribution in [0.25, 0.3) is 16.6 Å². The largest absolute Gasteiger partial charge is 0.385 e. The fourth-order valence-corrected chi connectivity index (χ4v) is 4.59. The molecule has 0 bridgehead atoms. The summed E-state index contributed by atoms with van der Waals surface area (Å²) in [7, 11) is 1.65. The molecule has 0 unspecified atom stereocenters. The average Bonchev–Trinajstić information content (AvgIpc) is 3.21. The number of rotatable bonds is 9. The molecule has 0 radical (unpaired) electrons. The molecule has 2 aromatic heterocycles. The van der Waals surface area contributed by atoms with Crippen LogP contribution in [0, 0.1) is 13.8 Å². The van der Waals surface area contributed by atoms with Gasteiger partial charge >= 0.3 is 0 Å². The highest BCUT2D eigenvalue weighted by molar-refractivity contribution is 5.92. The van der Waals surface area contributed by atoms with Crippen LogP contribution < -0.4 is 5.32 Å². The Morgan fingerprint density at radius 2 is 1.88 bits per heavy atom. The summed E-state index contributed by atoms with van der Waals surface area (Å²) < 4.78 is 6.89. The zero-order valence-corrected chi connectivity index (χ0v) is 20.3. The smallest absolute Gasteiger partial charge is 0.234 e. The molecule has 1 saturated heterocycles. The van der Waals surface area contributed by atoms with Gasteiger partial charge in [0.05, 0.1) is 12.1 Å². The summed E-state index contributed by atoms with van der Waals surface area (Å²) in [4.78, 5) is 33.8. The van der Waals surface area contributed by atoms with Crippen LogP contribution in [-0.2, 0) is 20.7 Å². The van der Waals surface area contributed by atoms with Gasteiger partial charge in [0, 0.05) is 69.6 Å². The van der Waals surface area contributed by atoms with Crippen LogP contribution >= 0.6 is 0 Å². The monoisotopic (exact) mass is 466 g/mol. The van der Waals surface area contributed by atoms with Crippen LogP contribution in [0.1, 0.15) is 29.8 Å². The third kappa shape index (κ3) is 5.37. The Bertz CT molecular complexity index is 1170. The molecular formula is C25H34N6O3. The van der Waals surface area contributed by atoms with E-state index < -0.39 is 0 Å².